The highest BCUT2D eigenvalue weighted by Gasteiger charge is 2.25. The van der Waals surface area contributed by atoms with E-state index in [1.54, 1.807) is 29.4 Å². The molecule has 156 valence electrons. The number of rotatable bonds is 4. The van der Waals surface area contributed by atoms with E-state index in [4.69, 9.17) is 4.98 Å². The fourth-order valence-electron chi connectivity index (χ4n) is 4.63. The minimum Gasteiger partial charge on any atom is -0.355 e. The SMILES string of the molecule is N#Cc1cc2c(nc1N1CCC(Cn3cnc(-c4ccncc4)cc3=O)CC1)CCC2. The largest absolute Gasteiger partial charge is 0.355 e. The maximum absolute atomic E-state index is 12.6. The monoisotopic (exact) mass is 412 g/mol. The molecule has 2 aliphatic rings. The van der Waals surface area contributed by atoms with Crippen LogP contribution in [0.5, 0.6) is 0 Å². The van der Waals surface area contributed by atoms with E-state index in [1.165, 1.54) is 5.56 Å². The third kappa shape index (κ3) is 3.93. The molecule has 7 nitrogen and oxygen atoms in total. The normalized spacial score (nSPS) is 16.2. The van der Waals surface area contributed by atoms with Gasteiger partial charge in [0.15, 0.2) is 0 Å². The van der Waals surface area contributed by atoms with Gasteiger partial charge in [-0.1, -0.05) is 0 Å². The van der Waals surface area contributed by atoms with Crippen molar-refractivity contribution in [3.05, 3.63) is 70.2 Å². The van der Waals surface area contributed by atoms with E-state index in [0.717, 1.165) is 62.3 Å². The van der Waals surface area contributed by atoms with Crippen molar-refractivity contribution in [3.8, 4) is 17.3 Å². The summed E-state index contributed by atoms with van der Waals surface area (Å²) in [4.78, 5) is 28.2. The Morgan fingerprint density at radius 1 is 1.13 bits per heavy atom. The first-order valence-electron chi connectivity index (χ1n) is 10.9. The molecule has 0 atom stereocenters. The number of pyridine rings is 2. The Morgan fingerprint density at radius 2 is 1.94 bits per heavy atom. The van der Waals surface area contributed by atoms with Gasteiger partial charge in [-0.3, -0.25) is 14.3 Å². The molecule has 3 aromatic rings. The summed E-state index contributed by atoms with van der Waals surface area (Å²) < 4.78 is 1.71. The lowest BCUT2D eigenvalue weighted by Crippen LogP contribution is -2.37. The first kappa shape index (κ1) is 19.4. The van der Waals surface area contributed by atoms with Gasteiger partial charge >= 0.3 is 0 Å². The molecule has 0 aromatic carbocycles. The number of piperidine rings is 1. The van der Waals surface area contributed by atoms with E-state index in [1.807, 2.05) is 18.2 Å². The van der Waals surface area contributed by atoms with Crippen LogP contribution in [0, 0.1) is 17.2 Å². The standard InChI is InChI=1S/C24H24N6O/c25-14-20-12-19-2-1-3-21(19)28-24(20)29-10-6-17(7-11-29)15-30-16-27-22(13-23(30)31)18-4-8-26-9-5-18/h4-5,8-9,12-13,16-17H,1-3,6-7,10-11,15H2. The van der Waals surface area contributed by atoms with E-state index < -0.39 is 0 Å². The Kier molecular flexibility index (Phi) is 5.21. The van der Waals surface area contributed by atoms with Gasteiger partial charge in [-0.2, -0.15) is 5.26 Å². The summed E-state index contributed by atoms with van der Waals surface area (Å²) >= 11 is 0. The lowest BCUT2D eigenvalue weighted by molar-refractivity contribution is 0.350. The Labute approximate surface area is 181 Å². The Bertz CT molecular complexity index is 1190. The highest BCUT2D eigenvalue weighted by atomic mass is 16.1. The lowest BCUT2D eigenvalue weighted by Gasteiger charge is -2.33. The van der Waals surface area contributed by atoms with Crippen molar-refractivity contribution in [3.63, 3.8) is 0 Å². The topological polar surface area (TPSA) is 87.7 Å². The van der Waals surface area contributed by atoms with Gasteiger partial charge in [-0.15, -0.1) is 0 Å². The molecular formula is C24H24N6O. The molecule has 0 N–H and O–H groups in total. The molecule has 7 heteroatoms. The fraction of sp³-hybridized carbons (Fsp3) is 0.375. The molecule has 0 amide bonds. The smallest absolute Gasteiger partial charge is 0.253 e. The summed E-state index contributed by atoms with van der Waals surface area (Å²) in [7, 11) is 0. The third-order valence-electron chi connectivity index (χ3n) is 6.38. The number of aromatic nitrogens is 4. The van der Waals surface area contributed by atoms with Crippen molar-refractivity contribution in [2.75, 3.05) is 18.0 Å². The fourth-order valence-corrected chi connectivity index (χ4v) is 4.63. The van der Waals surface area contributed by atoms with Crippen LogP contribution < -0.4 is 10.5 Å². The van der Waals surface area contributed by atoms with Crippen LogP contribution in [-0.4, -0.2) is 32.6 Å². The first-order valence-corrected chi connectivity index (χ1v) is 10.9. The second-order valence-electron chi connectivity index (χ2n) is 8.36. The molecule has 1 fully saturated rings. The van der Waals surface area contributed by atoms with Gasteiger partial charge in [0.25, 0.3) is 5.56 Å². The molecule has 31 heavy (non-hydrogen) atoms. The number of nitrogens with zero attached hydrogens (tertiary/aromatic N) is 6. The van der Waals surface area contributed by atoms with Crippen molar-refractivity contribution in [1.29, 1.82) is 5.26 Å². The second kappa shape index (κ2) is 8.31. The van der Waals surface area contributed by atoms with Gasteiger partial charge in [0, 0.05) is 49.4 Å². The molecular weight excluding hydrogens is 388 g/mol. The molecule has 1 saturated heterocycles. The first-order chi connectivity index (χ1) is 15.2. The summed E-state index contributed by atoms with van der Waals surface area (Å²) in [6, 6.07) is 9.67. The van der Waals surface area contributed by atoms with Gasteiger partial charge in [0.2, 0.25) is 0 Å². The number of hydrogen-bond donors (Lipinski definition) is 0. The quantitative estimate of drug-likeness (QED) is 0.655. The zero-order valence-corrected chi connectivity index (χ0v) is 17.4. The molecule has 0 spiro atoms. The molecule has 1 aliphatic heterocycles. The van der Waals surface area contributed by atoms with Crippen molar-refractivity contribution < 1.29 is 0 Å². The predicted molar refractivity (Wildman–Crippen MR) is 118 cm³/mol. The molecule has 1 aliphatic carbocycles. The summed E-state index contributed by atoms with van der Waals surface area (Å²) in [6.45, 7) is 2.36. The molecule has 0 saturated carbocycles. The summed E-state index contributed by atoms with van der Waals surface area (Å²) in [6.07, 6.45) is 10.1. The van der Waals surface area contributed by atoms with Gasteiger partial charge in [-0.05, 0) is 61.8 Å². The minimum absolute atomic E-state index is 0.0312. The molecule has 3 aromatic heterocycles. The maximum Gasteiger partial charge on any atom is 0.253 e. The van der Waals surface area contributed by atoms with Crippen molar-refractivity contribution in [2.45, 2.75) is 38.6 Å². The van der Waals surface area contributed by atoms with Gasteiger partial charge < -0.3 is 4.90 Å². The van der Waals surface area contributed by atoms with Crippen LogP contribution in [0.1, 0.15) is 36.1 Å². The maximum atomic E-state index is 12.6. The molecule has 0 unspecified atom stereocenters. The van der Waals surface area contributed by atoms with Crippen molar-refractivity contribution in [1.82, 2.24) is 19.5 Å². The van der Waals surface area contributed by atoms with Crippen molar-refractivity contribution >= 4 is 5.82 Å². The van der Waals surface area contributed by atoms with Crippen LogP contribution in [0.25, 0.3) is 11.3 Å². The highest BCUT2D eigenvalue weighted by molar-refractivity contribution is 5.58. The van der Waals surface area contributed by atoms with Crippen LogP contribution in [0.4, 0.5) is 5.82 Å². The molecule has 0 radical (unpaired) electrons. The van der Waals surface area contributed by atoms with E-state index in [2.05, 4.69) is 20.9 Å². The Hall–Kier alpha value is -3.53. The summed E-state index contributed by atoms with van der Waals surface area (Å²) in [5, 5.41) is 9.60. The van der Waals surface area contributed by atoms with Gasteiger partial charge in [0.05, 0.1) is 17.6 Å². The van der Waals surface area contributed by atoms with Crippen LogP contribution in [0.15, 0.2) is 47.8 Å². The lowest BCUT2D eigenvalue weighted by atomic mass is 9.96. The summed E-state index contributed by atoms with van der Waals surface area (Å²) in [5.41, 5.74) is 4.61. The zero-order valence-electron chi connectivity index (χ0n) is 17.4. The molecule has 5 rings (SSSR count). The zero-order chi connectivity index (χ0) is 21.2. The van der Waals surface area contributed by atoms with E-state index in [9.17, 15) is 10.1 Å². The Balaban J connectivity index is 1.26. The molecule has 0 bridgehead atoms. The summed E-state index contributed by atoms with van der Waals surface area (Å²) in [5.74, 6) is 1.24. The number of anilines is 1. The number of hydrogen-bond acceptors (Lipinski definition) is 6. The number of aryl methyl sites for hydroxylation is 2. The van der Waals surface area contributed by atoms with Gasteiger partial charge in [0.1, 0.15) is 11.9 Å². The van der Waals surface area contributed by atoms with Gasteiger partial charge in [-0.25, -0.2) is 9.97 Å². The Morgan fingerprint density at radius 3 is 2.68 bits per heavy atom. The van der Waals surface area contributed by atoms with Crippen LogP contribution in [0.3, 0.4) is 0 Å². The van der Waals surface area contributed by atoms with Crippen LogP contribution in [-0.2, 0) is 19.4 Å². The molecule has 4 heterocycles. The third-order valence-corrected chi connectivity index (χ3v) is 6.38. The van der Waals surface area contributed by atoms with Crippen molar-refractivity contribution in [2.24, 2.45) is 5.92 Å². The number of fused-ring (bicyclic) bond motifs is 1. The number of nitriles is 1. The average molecular weight is 412 g/mol. The van der Waals surface area contributed by atoms with E-state index >= 15 is 0 Å². The highest BCUT2D eigenvalue weighted by Crippen LogP contribution is 2.30. The average Bonchev–Trinajstić information content (AvgIpc) is 3.28. The van der Waals surface area contributed by atoms with E-state index in [-0.39, 0.29) is 5.56 Å². The van der Waals surface area contributed by atoms with E-state index in [0.29, 0.717) is 23.7 Å². The van der Waals surface area contributed by atoms with Crippen LogP contribution in [0.2, 0.25) is 0 Å². The minimum atomic E-state index is -0.0312. The predicted octanol–water partition coefficient (Wildman–Crippen LogP) is 2.98. The van der Waals surface area contributed by atoms with Crippen LogP contribution >= 0.6 is 0 Å². The second-order valence-corrected chi connectivity index (χ2v) is 8.36.